The van der Waals surface area contributed by atoms with Gasteiger partial charge < -0.3 is 0 Å². The lowest BCUT2D eigenvalue weighted by Crippen LogP contribution is -2.89. The van der Waals surface area contributed by atoms with Crippen molar-refractivity contribution in [2.24, 2.45) is 82.3 Å². The second-order valence-corrected chi connectivity index (χ2v) is 13.0. The van der Waals surface area contributed by atoms with E-state index in [4.69, 9.17) is 0 Å². The first kappa shape index (κ1) is 17.4. The van der Waals surface area contributed by atoms with Gasteiger partial charge in [-0.2, -0.15) is 11.8 Å². The molecule has 6 aliphatic rings. The van der Waals surface area contributed by atoms with E-state index in [0.717, 1.165) is 76.9 Å². The average molecular weight is 361 g/mol. The molecule has 0 aromatic carbocycles. The van der Waals surface area contributed by atoms with E-state index in [1.165, 1.54) is 0 Å². The summed E-state index contributed by atoms with van der Waals surface area (Å²) in [6.45, 7) is 20.6. The van der Waals surface area contributed by atoms with Crippen LogP contribution in [0.15, 0.2) is 0 Å². The highest BCUT2D eigenvalue weighted by Gasteiger charge is 2.87. The van der Waals surface area contributed by atoms with Crippen molar-refractivity contribution in [3.63, 3.8) is 0 Å². The van der Waals surface area contributed by atoms with E-state index in [2.05, 4.69) is 73.4 Å². The van der Waals surface area contributed by atoms with Crippen molar-refractivity contribution >= 4 is 11.8 Å². The summed E-state index contributed by atoms with van der Waals surface area (Å²) in [5.74, 6) is 13.3. The first-order valence-corrected chi connectivity index (χ1v) is 12.4. The zero-order chi connectivity index (χ0) is 18.2. The van der Waals surface area contributed by atoms with Crippen LogP contribution in [0.25, 0.3) is 0 Å². The fourth-order valence-electron chi connectivity index (χ4n) is 9.97. The summed E-state index contributed by atoms with van der Waals surface area (Å²) >= 11 is 2.19. The Balaban J connectivity index is 1.43. The lowest BCUT2D eigenvalue weighted by Gasteiger charge is -2.91. The second-order valence-electron chi connectivity index (χ2n) is 11.8. The van der Waals surface area contributed by atoms with Crippen molar-refractivity contribution in [2.75, 3.05) is 6.26 Å². The van der Waals surface area contributed by atoms with Gasteiger partial charge in [0, 0.05) is 4.75 Å². The van der Waals surface area contributed by atoms with Crippen LogP contribution in [0.1, 0.15) is 55.4 Å². The predicted octanol–water partition coefficient (Wildman–Crippen LogP) is 6.31. The van der Waals surface area contributed by atoms with Gasteiger partial charge in [0.25, 0.3) is 0 Å². The van der Waals surface area contributed by atoms with Gasteiger partial charge in [0.1, 0.15) is 0 Å². The fourth-order valence-corrected chi connectivity index (χ4v) is 11.1. The summed E-state index contributed by atoms with van der Waals surface area (Å²) in [7, 11) is 0. The molecule has 4 bridgehead atoms. The van der Waals surface area contributed by atoms with Gasteiger partial charge in [-0.25, -0.2) is 0 Å². The zero-order valence-corrected chi connectivity index (χ0v) is 18.7. The molecule has 11 atom stereocenters. The summed E-state index contributed by atoms with van der Waals surface area (Å²) in [6.07, 6.45) is 2.38. The predicted molar refractivity (Wildman–Crippen MR) is 109 cm³/mol. The third-order valence-corrected chi connectivity index (χ3v) is 13.3. The SMILES string of the molecule is CSC1(C)C2C3C(C)C4C(C2C31)C1C4C(C)C1(C)[C@H](C)C(C)C(C)C. The zero-order valence-electron chi connectivity index (χ0n) is 17.9. The maximum Gasteiger partial charge on any atom is 0.0196 e. The molecule has 10 unspecified atom stereocenters. The number of fused-ring (bicyclic) bond motifs is 4. The molecule has 0 heterocycles. The van der Waals surface area contributed by atoms with E-state index < -0.39 is 0 Å². The molecule has 6 saturated carbocycles. The van der Waals surface area contributed by atoms with E-state index >= 15 is 0 Å². The van der Waals surface area contributed by atoms with Crippen LogP contribution in [0, 0.1) is 82.3 Å². The van der Waals surface area contributed by atoms with Gasteiger partial charge in [-0.15, -0.1) is 0 Å². The van der Waals surface area contributed by atoms with Crippen LogP contribution in [-0.2, 0) is 0 Å². The van der Waals surface area contributed by atoms with Gasteiger partial charge in [-0.3, -0.25) is 0 Å². The molecule has 6 rings (SSSR count). The molecule has 0 nitrogen and oxygen atoms in total. The molecule has 0 aromatic heterocycles. The lowest BCUT2D eigenvalue weighted by atomic mass is 9.16. The Morgan fingerprint density at radius 2 is 1.36 bits per heavy atom. The molecule has 25 heavy (non-hydrogen) atoms. The van der Waals surface area contributed by atoms with Crippen molar-refractivity contribution in [2.45, 2.75) is 60.1 Å². The Bertz CT molecular complexity index is 583. The third kappa shape index (κ3) is 1.52. The van der Waals surface area contributed by atoms with Gasteiger partial charge >= 0.3 is 0 Å². The highest BCUT2D eigenvalue weighted by Crippen LogP contribution is 2.89. The van der Waals surface area contributed by atoms with Crippen molar-refractivity contribution in [1.29, 1.82) is 0 Å². The normalized spacial score (nSPS) is 65.5. The second kappa shape index (κ2) is 4.84. The Labute approximate surface area is 160 Å². The number of hydrogen-bond donors (Lipinski definition) is 0. The van der Waals surface area contributed by atoms with Crippen molar-refractivity contribution in [1.82, 2.24) is 0 Å². The van der Waals surface area contributed by atoms with Gasteiger partial charge in [0.2, 0.25) is 0 Å². The molecule has 0 aromatic rings. The molecule has 0 radical (unpaired) electrons. The Morgan fingerprint density at radius 1 is 0.760 bits per heavy atom. The smallest absolute Gasteiger partial charge is 0.0196 e. The molecular formula is C24H40S. The van der Waals surface area contributed by atoms with Crippen LogP contribution in [0.3, 0.4) is 0 Å². The van der Waals surface area contributed by atoms with Crippen LogP contribution in [-0.4, -0.2) is 11.0 Å². The first-order valence-electron chi connectivity index (χ1n) is 11.2. The van der Waals surface area contributed by atoms with Crippen LogP contribution >= 0.6 is 11.8 Å². The van der Waals surface area contributed by atoms with E-state index in [-0.39, 0.29) is 0 Å². The number of rotatable bonds is 4. The number of thioether (sulfide) groups is 1. The molecule has 0 N–H and O–H groups in total. The van der Waals surface area contributed by atoms with Crippen molar-refractivity contribution < 1.29 is 0 Å². The molecule has 0 spiro atoms. The summed E-state index contributed by atoms with van der Waals surface area (Å²) in [4.78, 5) is 0. The quantitative estimate of drug-likeness (QED) is 0.566. The van der Waals surface area contributed by atoms with E-state index in [1.807, 2.05) is 0 Å². The largest absolute Gasteiger partial charge is 0.158 e. The van der Waals surface area contributed by atoms with E-state index in [1.54, 1.807) is 0 Å². The minimum absolute atomic E-state index is 0.611. The summed E-state index contributed by atoms with van der Waals surface area (Å²) in [6, 6.07) is 0. The maximum atomic E-state index is 2.70. The molecule has 1 heteroatoms. The maximum absolute atomic E-state index is 2.70. The molecule has 0 aliphatic heterocycles. The first-order chi connectivity index (χ1) is 11.6. The third-order valence-electron chi connectivity index (χ3n) is 11.9. The topological polar surface area (TPSA) is 0 Å². The minimum Gasteiger partial charge on any atom is -0.158 e. The van der Waals surface area contributed by atoms with Gasteiger partial charge in [0.15, 0.2) is 0 Å². The highest BCUT2D eigenvalue weighted by molar-refractivity contribution is 8.00. The van der Waals surface area contributed by atoms with Crippen LogP contribution in [0.2, 0.25) is 0 Å². The highest BCUT2D eigenvalue weighted by atomic mass is 32.2. The average Bonchev–Trinajstić information content (AvgIpc) is 2.51. The van der Waals surface area contributed by atoms with Crippen molar-refractivity contribution in [3.8, 4) is 0 Å². The molecule has 0 saturated heterocycles. The molecule has 142 valence electrons. The lowest BCUT2D eigenvalue weighted by molar-refractivity contribution is -0.410. The van der Waals surface area contributed by atoms with E-state index in [9.17, 15) is 0 Å². The summed E-state index contributed by atoms with van der Waals surface area (Å²) < 4.78 is 0.655. The van der Waals surface area contributed by atoms with Crippen LogP contribution in [0.4, 0.5) is 0 Å². The van der Waals surface area contributed by atoms with Crippen LogP contribution < -0.4 is 0 Å². The van der Waals surface area contributed by atoms with Gasteiger partial charge in [-0.05, 0) is 95.5 Å². The molecule has 6 fully saturated rings. The van der Waals surface area contributed by atoms with Crippen molar-refractivity contribution in [3.05, 3.63) is 0 Å². The monoisotopic (exact) mass is 360 g/mol. The standard InChI is InChI=1S/C24H40S/c1-10(2)11(3)13(5)23(7)14(6)17-15-12(4)16-21-19(18(15)20(17)23)22(16)24(21,8)25-9/h10-22H,1-9H3/t11?,12?,13-,14?,15?,16?,17?,18?,19?,20?,21?,22?,23?,24?/m1/s1. The Hall–Kier alpha value is 0.350. The number of hydrogen-bond acceptors (Lipinski definition) is 1. The van der Waals surface area contributed by atoms with Gasteiger partial charge in [-0.1, -0.05) is 48.5 Å². The Morgan fingerprint density at radius 3 is 1.88 bits per heavy atom. The summed E-state index contributed by atoms with van der Waals surface area (Å²) in [5.41, 5.74) is 0.611. The van der Waals surface area contributed by atoms with Crippen LogP contribution in [0.5, 0.6) is 0 Å². The minimum atomic E-state index is 0.611. The summed E-state index contributed by atoms with van der Waals surface area (Å²) in [5, 5.41) is 0. The fraction of sp³-hybridized carbons (Fsp3) is 1.00. The van der Waals surface area contributed by atoms with E-state index in [0.29, 0.717) is 10.2 Å². The Kier molecular flexibility index (Phi) is 3.38. The molecule has 6 aliphatic carbocycles. The molecular weight excluding hydrogens is 320 g/mol. The van der Waals surface area contributed by atoms with Gasteiger partial charge in [0.05, 0.1) is 0 Å². The molecule has 0 amide bonds.